The lowest BCUT2D eigenvalue weighted by molar-refractivity contribution is 0.0954. The van der Waals surface area contributed by atoms with Gasteiger partial charge in [0.15, 0.2) is 0 Å². The summed E-state index contributed by atoms with van der Waals surface area (Å²) in [4.78, 5) is 15.9. The maximum atomic E-state index is 11.9. The van der Waals surface area contributed by atoms with Gasteiger partial charge in [-0.25, -0.2) is 0 Å². The number of nitrogens with zero attached hydrogens (tertiary/aromatic N) is 1. The molecule has 5 nitrogen and oxygen atoms in total. The van der Waals surface area contributed by atoms with Crippen molar-refractivity contribution < 1.29 is 4.79 Å². The Kier molecular flexibility index (Phi) is 4.47. The van der Waals surface area contributed by atoms with Gasteiger partial charge in [0.05, 0.1) is 0 Å². The molecule has 0 aliphatic heterocycles. The fraction of sp³-hybridized carbons (Fsp3) is 0.143. The molecule has 0 spiro atoms. The van der Waals surface area contributed by atoms with Crippen molar-refractivity contribution in [3.63, 3.8) is 0 Å². The topological polar surface area (TPSA) is 80.0 Å². The van der Waals surface area contributed by atoms with E-state index in [0.29, 0.717) is 12.1 Å². The van der Waals surface area contributed by atoms with Gasteiger partial charge < -0.3 is 10.7 Å². The van der Waals surface area contributed by atoms with Crippen LogP contribution in [0.25, 0.3) is 0 Å². The molecule has 1 aromatic heterocycles. The minimum Gasteiger partial charge on any atom is -0.352 e. The van der Waals surface area contributed by atoms with E-state index in [0.717, 1.165) is 17.7 Å². The number of carbonyl (C=O) groups is 1. The summed E-state index contributed by atoms with van der Waals surface area (Å²) in [5.41, 5.74) is 5.01. The molecule has 0 fully saturated rings. The van der Waals surface area contributed by atoms with Crippen LogP contribution in [0, 0.1) is 0 Å². The number of aromatic nitrogens is 1. The second-order valence-electron chi connectivity index (χ2n) is 4.09. The molecule has 1 heterocycles. The van der Waals surface area contributed by atoms with Crippen LogP contribution < -0.4 is 16.6 Å². The SMILES string of the molecule is NNc1ccc(C(=O)NCCc2cccnc2)cc1. The van der Waals surface area contributed by atoms with E-state index in [4.69, 9.17) is 5.84 Å². The van der Waals surface area contributed by atoms with Crippen LogP contribution in [0.3, 0.4) is 0 Å². The number of hydrazine groups is 1. The molecule has 4 N–H and O–H groups in total. The van der Waals surface area contributed by atoms with Crippen molar-refractivity contribution in [3.05, 3.63) is 59.9 Å². The number of rotatable bonds is 5. The van der Waals surface area contributed by atoms with Crippen molar-refractivity contribution in [3.8, 4) is 0 Å². The van der Waals surface area contributed by atoms with Gasteiger partial charge in [0.2, 0.25) is 0 Å². The van der Waals surface area contributed by atoms with Crippen molar-refractivity contribution in [2.75, 3.05) is 12.0 Å². The largest absolute Gasteiger partial charge is 0.352 e. The molecule has 0 saturated heterocycles. The molecule has 0 aliphatic rings. The summed E-state index contributed by atoms with van der Waals surface area (Å²) < 4.78 is 0. The number of hydrogen-bond acceptors (Lipinski definition) is 4. The second-order valence-corrected chi connectivity index (χ2v) is 4.09. The second kappa shape index (κ2) is 6.51. The van der Waals surface area contributed by atoms with E-state index in [2.05, 4.69) is 15.7 Å². The molecule has 0 bridgehead atoms. The van der Waals surface area contributed by atoms with Crippen LogP contribution in [-0.4, -0.2) is 17.4 Å². The number of carbonyl (C=O) groups excluding carboxylic acids is 1. The first kappa shape index (κ1) is 13.0. The Morgan fingerprint density at radius 2 is 2.00 bits per heavy atom. The number of nitrogen functional groups attached to an aromatic ring is 1. The third-order valence-electron chi connectivity index (χ3n) is 2.74. The Bertz CT molecular complexity index is 525. The summed E-state index contributed by atoms with van der Waals surface area (Å²) in [5.74, 6) is 5.17. The summed E-state index contributed by atoms with van der Waals surface area (Å²) in [6.07, 6.45) is 4.30. The zero-order valence-electron chi connectivity index (χ0n) is 10.5. The Morgan fingerprint density at radius 3 is 2.63 bits per heavy atom. The average Bonchev–Trinajstić information content (AvgIpc) is 2.48. The van der Waals surface area contributed by atoms with Gasteiger partial charge >= 0.3 is 0 Å². The molecule has 0 saturated carbocycles. The Labute approximate surface area is 111 Å². The number of benzene rings is 1. The minimum absolute atomic E-state index is 0.0903. The lowest BCUT2D eigenvalue weighted by Crippen LogP contribution is -2.25. The highest BCUT2D eigenvalue weighted by Gasteiger charge is 2.04. The third kappa shape index (κ3) is 3.79. The van der Waals surface area contributed by atoms with Crippen molar-refractivity contribution in [2.45, 2.75) is 6.42 Å². The van der Waals surface area contributed by atoms with E-state index in [1.54, 1.807) is 36.7 Å². The highest BCUT2D eigenvalue weighted by Crippen LogP contribution is 2.07. The van der Waals surface area contributed by atoms with E-state index in [-0.39, 0.29) is 5.91 Å². The smallest absolute Gasteiger partial charge is 0.251 e. The van der Waals surface area contributed by atoms with E-state index in [1.807, 2.05) is 12.1 Å². The Morgan fingerprint density at radius 1 is 1.21 bits per heavy atom. The van der Waals surface area contributed by atoms with Gasteiger partial charge in [-0.1, -0.05) is 6.07 Å². The monoisotopic (exact) mass is 256 g/mol. The summed E-state index contributed by atoms with van der Waals surface area (Å²) in [6.45, 7) is 0.585. The number of pyridine rings is 1. The van der Waals surface area contributed by atoms with Crippen LogP contribution in [0.1, 0.15) is 15.9 Å². The van der Waals surface area contributed by atoms with Crippen LogP contribution in [0.4, 0.5) is 5.69 Å². The normalized spacial score (nSPS) is 9.95. The lowest BCUT2D eigenvalue weighted by atomic mass is 10.2. The molecule has 0 radical (unpaired) electrons. The van der Waals surface area contributed by atoms with Crippen molar-refractivity contribution >= 4 is 11.6 Å². The van der Waals surface area contributed by atoms with Crippen molar-refractivity contribution in [2.24, 2.45) is 5.84 Å². The van der Waals surface area contributed by atoms with Gasteiger partial charge in [0.25, 0.3) is 5.91 Å². The molecule has 0 atom stereocenters. The quantitative estimate of drug-likeness (QED) is 0.557. The molecule has 0 unspecified atom stereocenters. The standard InChI is InChI=1S/C14H16N4O/c15-18-13-5-3-12(4-6-13)14(19)17-9-7-11-2-1-8-16-10-11/h1-6,8,10,18H,7,9,15H2,(H,17,19). The Balaban J connectivity index is 1.84. The van der Waals surface area contributed by atoms with E-state index in [9.17, 15) is 4.79 Å². The first-order chi connectivity index (χ1) is 9.29. The van der Waals surface area contributed by atoms with Crippen LogP contribution in [0.2, 0.25) is 0 Å². The van der Waals surface area contributed by atoms with Crippen LogP contribution in [0.15, 0.2) is 48.8 Å². The van der Waals surface area contributed by atoms with Crippen LogP contribution >= 0.6 is 0 Å². The highest BCUT2D eigenvalue weighted by molar-refractivity contribution is 5.94. The predicted octanol–water partition coefficient (Wildman–Crippen LogP) is 1.34. The Hall–Kier alpha value is -2.40. The van der Waals surface area contributed by atoms with Crippen LogP contribution in [0.5, 0.6) is 0 Å². The maximum Gasteiger partial charge on any atom is 0.251 e. The van der Waals surface area contributed by atoms with Crippen molar-refractivity contribution in [1.82, 2.24) is 10.3 Å². The van der Waals surface area contributed by atoms with Gasteiger partial charge in [-0.15, -0.1) is 0 Å². The summed E-state index contributed by atoms with van der Waals surface area (Å²) >= 11 is 0. The van der Waals surface area contributed by atoms with E-state index >= 15 is 0 Å². The van der Waals surface area contributed by atoms with Gasteiger partial charge in [-0.3, -0.25) is 15.6 Å². The first-order valence-electron chi connectivity index (χ1n) is 6.03. The zero-order valence-corrected chi connectivity index (χ0v) is 10.5. The number of anilines is 1. The van der Waals surface area contributed by atoms with Gasteiger partial charge in [0, 0.05) is 30.2 Å². The summed E-state index contributed by atoms with van der Waals surface area (Å²) in [5, 5.41) is 2.87. The molecule has 0 aliphatic carbocycles. The molecule has 2 aromatic rings. The van der Waals surface area contributed by atoms with E-state index in [1.165, 1.54) is 0 Å². The number of amides is 1. The molecule has 1 aromatic carbocycles. The molecule has 98 valence electrons. The number of nitrogens with one attached hydrogen (secondary N) is 2. The number of hydrogen-bond donors (Lipinski definition) is 3. The molecule has 2 rings (SSSR count). The first-order valence-corrected chi connectivity index (χ1v) is 6.03. The van der Waals surface area contributed by atoms with Gasteiger partial charge in [0.1, 0.15) is 0 Å². The zero-order chi connectivity index (χ0) is 13.5. The minimum atomic E-state index is -0.0903. The summed E-state index contributed by atoms with van der Waals surface area (Å²) in [7, 11) is 0. The van der Waals surface area contributed by atoms with Crippen molar-refractivity contribution in [1.29, 1.82) is 0 Å². The molecule has 19 heavy (non-hydrogen) atoms. The lowest BCUT2D eigenvalue weighted by Gasteiger charge is -2.06. The van der Waals surface area contributed by atoms with Gasteiger partial charge in [-0.05, 0) is 42.3 Å². The summed E-state index contributed by atoms with van der Waals surface area (Å²) in [6, 6.07) is 10.9. The average molecular weight is 256 g/mol. The van der Waals surface area contributed by atoms with Gasteiger partial charge in [-0.2, -0.15) is 0 Å². The highest BCUT2D eigenvalue weighted by atomic mass is 16.1. The molecule has 5 heteroatoms. The maximum absolute atomic E-state index is 11.9. The third-order valence-corrected chi connectivity index (χ3v) is 2.74. The molecular weight excluding hydrogens is 240 g/mol. The molecular formula is C14H16N4O. The fourth-order valence-electron chi connectivity index (χ4n) is 1.69. The van der Waals surface area contributed by atoms with E-state index < -0.39 is 0 Å². The fourth-order valence-corrected chi connectivity index (χ4v) is 1.69. The van der Waals surface area contributed by atoms with Crippen LogP contribution in [-0.2, 0) is 6.42 Å². The predicted molar refractivity (Wildman–Crippen MR) is 74.5 cm³/mol. The molecule has 1 amide bonds. The number of nitrogens with two attached hydrogens (primary N) is 1.